The Morgan fingerprint density at radius 1 is 1.24 bits per heavy atom. The summed E-state index contributed by atoms with van der Waals surface area (Å²) in [4.78, 5) is 28.9. The van der Waals surface area contributed by atoms with E-state index >= 15 is 0 Å². The lowest BCUT2D eigenvalue weighted by molar-refractivity contribution is -0.134. The maximum absolute atomic E-state index is 13.5. The highest BCUT2D eigenvalue weighted by atomic mass is 19.1. The Balaban J connectivity index is 1.73. The molecular formula is C22H25FN2O4. The van der Waals surface area contributed by atoms with E-state index in [0.29, 0.717) is 25.5 Å². The van der Waals surface area contributed by atoms with Crippen LogP contribution in [0.3, 0.4) is 0 Å². The van der Waals surface area contributed by atoms with Gasteiger partial charge in [-0.2, -0.15) is 0 Å². The van der Waals surface area contributed by atoms with Gasteiger partial charge >= 0.3 is 0 Å². The number of halogens is 1. The lowest BCUT2D eigenvalue weighted by Gasteiger charge is -2.28. The van der Waals surface area contributed by atoms with Crippen LogP contribution in [0, 0.1) is 5.82 Å². The molecule has 1 unspecified atom stereocenters. The van der Waals surface area contributed by atoms with Gasteiger partial charge in [0, 0.05) is 25.3 Å². The van der Waals surface area contributed by atoms with Crippen molar-refractivity contribution in [1.82, 2.24) is 9.80 Å². The fraction of sp³-hybridized carbons (Fsp3) is 0.364. The molecule has 1 fully saturated rings. The number of ether oxygens (including phenoxy) is 1. The fourth-order valence-corrected chi connectivity index (χ4v) is 3.32. The summed E-state index contributed by atoms with van der Waals surface area (Å²) in [5.74, 6) is -0.502. The van der Waals surface area contributed by atoms with Gasteiger partial charge in [-0.1, -0.05) is 12.1 Å². The predicted octanol–water partition coefficient (Wildman–Crippen LogP) is 3.25. The van der Waals surface area contributed by atoms with E-state index in [1.54, 1.807) is 29.4 Å². The van der Waals surface area contributed by atoms with E-state index in [-0.39, 0.29) is 30.7 Å². The molecule has 1 atom stereocenters. The Kier molecular flexibility index (Phi) is 7.19. The number of amides is 2. The number of hydrogen-bond acceptors (Lipinski definition) is 4. The minimum Gasteiger partial charge on any atom is -0.467 e. The van der Waals surface area contributed by atoms with Crippen molar-refractivity contribution in [1.29, 1.82) is 0 Å². The first-order valence-corrected chi connectivity index (χ1v) is 9.64. The van der Waals surface area contributed by atoms with Crippen molar-refractivity contribution in [2.75, 3.05) is 26.2 Å². The molecule has 0 aliphatic carbocycles. The number of benzene rings is 1. The van der Waals surface area contributed by atoms with Gasteiger partial charge in [0.25, 0.3) is 5.91 Å². The van der Waals surface area contributed by atoms with Crippen LogP contribution in [0.4, 0.5) is 4.39 Å². The molecule has 0 bridgehead atoms. The summed E-state index contributed by atoms with van der Waals surface area (Å²) in [6, 6.07) is 9.00. The van der Waals surface area contributed by atoms with E-state index < -0.39 is 11.7 Å². The topological polar surface area (TPSA) is 63.0 Å². The van der Waals surface area contributed by atoms with Crippen molar-refractivity contribution in [2.45, 2.75) is 25.5 Å². The highest BCUT2D eigenvalue weighted by molar-refractivity contribution is 5.96. The van der Waals surface area contributed by atoms with Gasteiger partial charge in [0.2, 0.25) is 5.91 Å². The second-order valence-corrected chi connectivity index (χ2v) is 6.97. The Morgan fingerprint density at radius 3 is 2.76 bits per heavy atom. The zero-order valence-corrected chi connectivity index (χ0v) is 16.3. The standard InChI is InChI=1S/C22H25FN2O4/c1-2-10-24(22(27)17-6-3-7-18(23)13-17)16-21(26)25(14-19-8-4-11-28-19)15-20-9-5-12-29-20/h2-4,6-8,11,13,20H,1,5,9-10,12,14-16H2. The van der Waals surface area contributed by atoms with Crippen LogP contribution >= 0.6 is 0 Å². The molecular weight excluding hydrogens is 375 g/mol. The van der Waals surface area contributed by atoms with Crippen LogP contribution in [0.5, 0.6) is 0 Å². The van der Waals surface area contributed by atoms with Crippen molar-refractivity contribution in [3.63, 3.8) is 0 Å². The molecule has 29 heavy (non-hydrogen) atoms. The van der Waals surface area contributed by atoms with E-state index in [4.69, 9.17) is 9.15 Å². The van der Waals surface area contributed by atoms with Crippen LogP contribution < -0.4 is 0 Å². The molecule has 1 aromatic carbocycles. The third-order valence-electron chi connectivity index (χ3n) is 4.76. The molecule has 1 saturated heterocycles. The van der Waals surface area contributed by atoms with E-state index in [9.17, 15) is 14.0 Å². The van der Waals surface area contributed by atoms with Gasteiger partial charge in [0.1, 0.15) is 18.1 Å². The number of furan rings is 1. The maximum Gasteiger partial charge on any atom is 0.254 e. The molecule has 2 heterocycles. The van der Waals surface area contributed by atoms with Crippen molar-refractivity contribution >= 4 is 11.8 Å². The molecule has 0 N–H and O–H groups in total. The monoisotopic (exact) mass is 400 g/mol. The molecule has 154 valence electrons. The van der Waals surface area contributed by atoms with Gasteiger partial charge in [-0.25, -0.2) is 4.39 Å². The predicted molar refractivity (Wildman–Crippen MR) is 106 cm³/mol. The molecule has 1 aliphatic rings. The van der Waals surface area contributed by atoms with E-state index in [1.807, 2.05) is 0 Å². The average molecular weight is 400 g/mol. The molecule has 3 rings (SSSR count). The molecule has 0 radical (unpaired) electrons. The van der Waals surface area contributed by atoms with Crippen molar-refractivity contribution in [3.8, 4) is 0 Å². The second-order valence-electron chi connectivity index (χ2n) is 6.97. The van der Waals surface area contributed by atoms with Gasteiger partial charge < -0.3 is 19.0 Å². The van der Waals surface area contributed by atoms with Crippen LogP contribution in [-0.4, -0.2) is 54.0 Å². The van der Waals surface area contributed by atoms with Crippen molar-refractivity contribution in [3.05, 3.63) is 72.5 Å². The van der Waals surface area contributed by atoms with Crippen LogP contribution in [-0.2, 0) is 16.1 Å². The third-order valence-corrected chi connectivity index (χ3v) is 4.76. The number of hydrogen-bond donors (Lipinski definition) is 0. The maximum atomic E-state index is 13.5. The van der Waals surface area contributed by atoms with Crippen LogP contribution in [0.2, 0.25) is 0 Å². The van der Waals surface area contributed by atoms with Gasteiger partial charge in [0.05, 0.1) is 18.9 Å². The van der Waals surface area contributed by atoms with Crippen molar-refractivity contribution < 1.29 is 23.1 Å². The first-order chi connectivity index (χ1) is 14.1. The summed E-state index contributed by atoms with van der Waals surface area (Å²) in [5, 5.41) is 0. The van der Waals surface area contributed by atoms with E-state index in [2.05, 4.69) is 6.58 Å². The Labute approximate surface area is 169 Å². The highest BCUT2D eigenvalue weighted by Gasteiger charge is 2.26. The molecule has 6 nitrogen and oxygen atoms in total. The number of carbonyl (C=O) groups excluding carboxylic acids is 2. The zero-order chi connectivity index (χ0) is 20.6. The Morgan fingerprint density at radius 2 is 2.10 bits per heavy atom. The molecule has 0 spiro atoms. The Hall–Kier alpha value is -2.93. The van der Waals surface area contributed by atoms with Gasteiger partial charge in [-0.05, 0) is 43.2 Å². The number of carbonyl (C=O) groups is 2. The summed E-state index contributed by atoms with van der Waals surface area (Å²) < 4.78 is 24.6. The van der Waals surface area contributed by atoms with Gasteiger partial charge in [0.15, 0.2) is 0 Å². The van der Waals surface area contributed by atoms with Crippen LogP contribution in [0.15, 0.2) is 59.7 Å². The third kappa shape index (κ3) is 5.77. The molecule has 2 amide bonds. The second kappa shape index (κ2) is 10.0. The molecule has 7 heteroatoms. The quantitative estimate of drug-likeness (QED) is 0.606. The minimum atomic E-state index is -0.501. The summed E-state index contributed by atoms with van der Waals surface area (Å²) in [6.07, 6.45) is 4.93. The summed E-state index contributed by atoms with van der Waals surface area (Å²) >= 11 is 0. The zero-order valence-electron chi connectivity index (χ0n) is 16.3. The van der Waals surface area contributed by atoms with Crippen LogP contribution in [0.1, 0.15) is 29.0 Å². The molecule has 1 aromatic heterocycles. The summed E-state index contributed by atoms with van der Waals surface area (Å²) in [7, 11) is 0. The normalized spacial score (nSPS) is 15.8. The summed E-state index contributed by atoms with van der Waals surface area (Å²) in [5.41, 5.74) is 0.191. The average Bonchev–Trinajstić information content (AvgIpc) is 3.41. The largest absolute Gasteiger partial charge is 0.467 e. The number of nitrogens with zero attached hydrogens (tertiary/aromatic N) is 2. The number of rotatable bonds is 9. The lowest BCUT2D eigenvalue weighted by Crippen LogP contribution is -2.45. The first-order valence-electron chi connectivity index (χ1n) is 9.64. The Bertz CT molecular complexity index is 831. The van der Waals surface area contributed by atoms with Crippen LogP contribution in [0.25, 0.3) is 0 Å². The molecule has 0 saturated carbocycles. The lowest BCUT2D eigenvalue weighted by atomic mass is 10.2. The fourth-order valence-electron chi connectivity index (χ4n) is 3.32. The van der Waals surface area contributed by atoms with Crippen molar-refractivity contribution in [2.24, 2.45) is 0 Å². The van der Waals surface area contributed by atoms with Gasteiger partial charge in [-0.15, -0.1) is 6.58 Å². The van der Waals surface area contributed by atoms with E-state index in [1.165, 1.54) is 23.1 Å². The SMILES string of the molecule is C=CCN(CC(=O)N(Cc1ccco1)CC1CCCO1)C(=O)c1cccc(F)c1. The summed E-state index contributed by atoms with van der Waals surface area (Å²) in [6.45, 7) is 5.10. The minimum absolute atomic E-state index is 0.0271. The first kappa shape index (κ1) is 20.8. The molecule has 2 aromatic rings. The highest BCUT2D eigenvalue weighted by Crippen LogP contribution is 2.16. The smallest absolute Gasteiger partial charge is 0.254 e. The molecule has 1 aliphatic heterocycles. The van der Waals surface area contributed by atoms with Gasteiger partial charge in [-0.3, -0.25) is 9.59 Å². The van der Waals surface area contributed by atoms with E-state index in [0.717, 1.165) is 18.9 Å².